The maximum absolute atomic E-state index is 12.3. The lowest BCUT2D eigenvalue weighted by molar-refractivity contribution is 0.235. The molecule has 2 fully saturated rings. The summed E-state index contributed by atoms with van der Waals surface area (Å²) in [5.41, 5.74) is 0.759. The van der Waals surface area contributed by atoms with Crippen molar-refractivity contribution in [2.75, 3.05) is 0 Å². The van der Waals surface area contributed by atoms with E-state index in [1.165, 1.54) is 37.0 Å². The first kappa shape index (κ1) is 19.7. The lowest BCUT2D eigenvalue weighted by Crippen LogP contribution is -2.23. The minimum Gasteiger partial charge on any atom is -0.298 e. The van der Waals surface area contributed by atoms with Gasteiger partial charge in [0.1, 0.15) is 0 Å². The summed E-state index contributed by atoms with van der Waals surface area (Å²) in [4.78, 5) is 18.9. The van der Waals surface area contributed by atoms with Crippen molar-refractivity contribution in [3.05, 3.63) is 51.2 Å². The van der Waals surface area contributed by atoms with E-state index >= 15 is 0 Å². The summed E-state index contributed by atoms with van der Waals surface area (Å²) in [6.45, 7) is 2.35. The number of aromatic nitrogens is 5. The third-order valence-corrected chi connectivity index (χ3v) is 9.53. The summed E-state index contributed by atoms with van der Waals surface area (Å²) in [5.74, 6) is 4.01. The van der Waals surface area contributed by atoms with E-state index in [4.69, 9.17) is 0 Å². The largest absolute Gasteiger partial charge is 0.298 e. The highest BCUT2D eigenvalue weighted by molar-refractivity contribution is 7.98. The average Bonchev–Trinajstić information content (AvgIpc) is 3.57. The monoisotopic (exact) mass is 469 g/mol. The summed E-state index contributed by atoms with van der Waals surface area (Å²) >= 11 is 4.83. The minimum atomic E-state index is -0.0297. The van der Waals surface area contributed by atoms with E-state index in [1.54, 1.807) is 39.8 Å². The van der Waals surface area contributed by atoms with Crippen LogP contribution in [-0.4, -0.2) is 24.1 Å². The van der Waals surface area contributed by atoms with Crippen LogP contribution >= 0.6 is 34.4 Å². The number of rotatable bonds is 6. The van der Waals surface area contributed by atoms with Crippen LogP contribution in [-0.2, 0) is 5.75 Å². The number of thiophene rings is 1. The quantitative estimate of drug-likeness (QED) is 0.355. The fourth-order valence-electron chi connectivity index (χ4n) is 5.49. The van der Waals surface area contributed by atoms with Crippen LogP contribution in [0.2, 0.25) is 0 Å². The molecular formula is C22H23N5OS3. The molecule has 0 spiro atoms. The second-order valence-corrected chi connectivity index (χ2v) is 11.4. The van der Waals surface area contributed by atoms with Crippen molar-refractivity contribution in [2.24, 2.45) is 17.8 Å². The molecule has 4 aromatic rings. The standard InChI is InChI=1S/C22H23N5OS3/c1-13(17-10-14-4-5-15(17)9-14)27-20(18-3-2-7-29-18)24-25-22(27)31-12-16-11-19(28)26-6-8-30-21(26)23-16/h2-3,6-8,11,13-15,17H,4-5,9-10,12H2,1H3. The van der Waals surface area contributed by atoms with Gasteiger partial charge in [-0.1, -0.05) is 24.2 Å². The molecule has 4 aromatic heterocycles. The van der Waals surface area contributed by atoms with Gasteiger partial charge in [0, 0.05) is 29.4 Å². The molecule has 2 bridgehead atoms. The molecule has 4 heterocycles. The molecule has 6 nitrogen and oxygen atoms in total. The number of thioether (sulfide) groups is 1. The molecule has 4 atom stereocenters. The smallest absolute Gasteiger partial charge is 0.258 e. The zero-order chi connectivity index (χ0) is 20.9. The third-order valence-electron chi connectivity index (χ3n) is 6.93. The molecule has 9 heteroatoms. The second kappa shape index (κ2) is 7.86. The molecular weight excluding hydrogens is 446 g/mol. The normalized spacial score (nSPS) is 23.7. The molecule has 2 saturated carbocycles. The zero-order valence-electron chi connectivity index (χ0n) is 17.2. The Balaban J connectivity index is 1.32. The van der Waals surface area contributed by atoms with E-state index in [9.17, 15) is 4.79 Å². The van der Waals surface area contributed by atoms with Crippen molar-refractivity contribution in [1.82, 2.24) is 24.1 Å². The van der Waals surface area contributed by atoms with Gasteiger partial charge in [-0.3, -0.25) is 13.8 Å². The maximum atomic E-state index is 12.3. The van der Waals surface area contributed by atoms with Gasteiger partial charge in [0.15, 0.2) is 15.9 Å². The first-order valence-corrected chi connectivity index (χ1v) is 13.5. The summed E-state index contributed by atoms with van der Waals surface area (Å²) in [6.07, 6.45) is 7.26. The molecule has 4 unspecified atom stereocenters. The Morgan fingerprint density at radius 2 is 2.16 bits per heavy atom. The lowest BCUT2D eigenvalue weighted by atomic mass is 9.84. The van der Waals surface area contributed by atoms with Gasteiger partial charge in [0.25, 0.3) is 5.56 Å². The Morgan fingerprint density at radius 1 is 1.23 bits per heavy atom. The Kier molecular flexibility index (Phi) is 5.00. The van der Waals surface area contributed by atoms with Crippen molar-refractivity contribution in [1.29, 1.82) is 0 Å². The van der Waals surface area contributed by atoms with E-state index in [1.807, 2.05) is 5.38 Å². The molecule has 2 aliphatic carbocycles. The molecule has 0 N–H and O–H groups in total. The number of fused-ring (bicyclic) bond motifs is 3. The van der Waals surface area contributed by atoms with Gasteiger partial charge in [-0.15, -0.1) is 32.9 Å². The molecule has 0 saturated heterocycles. The van der Waals surface area contributed by atoms with Crippen molar-refractivity contribution >= 4 is 39.4 Å². The van der Waals surface area contributed by atoms with Crippen molar-refractivity contribution in [3.63, 3.8) is 0 Å². The Bertz CT molecular complexity index is 1270. The summed E-state index contributed by atoms with van der Waals surface area (Å²) < 4.78 is 3.95. The van der Waals surface area contributed by atoms with Crippen LogP contribution in [0.3, 0.4) is 0 Å². The van der Waals surface area contributed by atoms with E-state index in [2.05, 4.69) is 44.2 Å². The molecule has 0 amide bonds. The van der Waals surface area contributed by atoms with Gasteiger partial charge in [-0.2, -0.15) is 0 Å². The molecule has 6 rings (SSSR count). The highest BCUT2D eigenvalue weighted by Crippen LogP contribution is 2.53. The zero-order valence-corrected chi connectivity index (χ0v) is 19.6. The fraction of sp³-hybridized carbons (Fsp3) is 0.455. The van der Waals surface area contributed by atoms with E-state index in [0.29, 0.717) is 17.7 Å². The van der Waals surface area contributed by atoms with Gasteiger partial charge >= 0.3 is 0 Å². The Morgan fingerprint density at radius 3 is 2.94 bits per heavy atom. The van der Waals surface area contributed by atoms with Crippen molar-refractivity contribution in [2.45, 2.75) is 49.6 Å². The lowest BCUT2D eigenvalue weighted by Gasteiger charge is -2.30. The highest BCUT2D eigenvalue weighted by atomic mass is 32.2. The van der Waals surface area contributed by atoms with Gasteiger partial charge in [-0.25, -0.2) is 4.98 Å². The topological polar surface area (TPSA) is 65.1 Å². The van der Waals surface area contributed by atoms with Crippen LogP contribution in [0, 0.1) is 17.8 Å². The van der Waals surface area contributed by atoms with Crippen LogP contribution in [0.4, 0.5) is 0 Å². The number of thiazole rings is 1. The Labute approximate surface area is 192 Å². The molecule has 160 valence electrons. The predicted octanol–water partition coefficient (Wildman–Crippen LogP) is 5.37. The summed E-state index contributed by atoms with van der Waals surface area (Å²) in [7, 11) is 0. The van der Waals surface area contributed by atoms with Crippen LogP contribution in [0.25, 0.3) is 15.7 Å². The van der Waals surface area contributed by atoms with Gasteiger partial charge in [-0.05, 0) is 55.4 Å². The van der Waals surface area contributed by atoms with E-state index < -0.39 is 0 Å². The first-order chi connectivity index (χ1) is 15.2. The molecule has 0 radical (unpaired) electrons. The Hall–Kier alpha value is -1.97. The van der Waals surface area contributed by atoms with Gasteiger partial charge in [0.2, 0.25) is 0 Å². The van der Waals surface area contributed by atoms with Crippen LogP contribution in [0.5, 0.6) is 0 Å². The van der Waals surface area contributed by atoms with Crippen LogP contribution in [0.15, 0.2) is 45.1 Å². The molecule has 0 aliphatic heterocycles. The molecule has 0 aromatic carbocycles. The van der Waals surface area contributed by atoms with Gasteiger partial charge in [0.05, 0.1) is 10.6 Å². The SMILES string of the molecule is CC(C1CC2CCC1C2)n1c(SCc2cc(=O)n3ccsc3n2)nnc1-c1cccs1. The highest BCUT2D eigenvalue weighted by Gasteiger charge is 2.43. The average molecular weight is 470 g/mol. The third kappa shape index (κ3) is 3.47. The van der Waals surface area contributed by atoms with E-state index in [-0.39, 0.29) is 5.56 Å². The molecule has 2 aliphatic rings. The second-order valence-electron chi connectivity index (χ2n) is 8.66. The number of hydrogen-bond donors (Lipinski definition) is 0. The maximum Gasteiger partial charge on any atom is 0.258 e. The first-order valence-electron chi connectivity index (χ1n) is 10.7. The van der Waals surface area contributed by atoms with Crippen molar-refractivity contribution < 1.29 is 0 Å². The fourth-order valence-corrected chi connectivity index (χ4v) is 7.85. The van der Waals surface area contributed by atoms with Gasteiger partial charge < -0.3 is 0 Å². The minimum absolute atomic E-state index is 0.0297. The van der Waals surface area contributed by atoms with Crippen LogP contribution < -0.4 is 5.56 Å². The summed E-state index contributed by atoms with van der Waals surface area (Å²) in [5, 5.41) is 14.1. The van der Waals surface area contributed by atoms with Crippen LogP contribution in [0.1, 0.15) is 44.3 Å². The van der Waals surface area contributed by atoms with Crippen molar-refractivity contribution in [3.8, 4) is 10.7 Å². The number of nitrogens with zero attached hydrogens (tertiary/aromatic N) is 5. The summed E-state index contributed by atoms with van der Waals surface area (Å²) in [6, 6.07) is 6.19. The van der Waals surface area contributed by atoms with E-state index in [0.717, 1.165) is 38.3 Å². The molecule has 31 heavy (non-hydrogen) atoms. The number of hydrogen-bond acceptors (Lipinski definition) is 7. The predicted molar refractivity (Wildman–Crippen MR) is 126 cm³/mol.